The SMILES string of the molecule is CC(C)c1ccc(N(c2ccccc2)c2ccc3c(ccc4oc5ccc6cc(N(c7ccccc7)c7ccc(C(C)C)cc7)ccc6c5c43)c2)cc1. The van der Waals surface area contributed by atoms with E-state index in [1.807, 2.05) is 0 Å². The number of furan rings is 1. The van der Waals surface area contributed by atoms with E-state index in [1.54, 1.807) is 0 Å². The normalized spacial score (nSPS) is 11.7. The second kappa shape index (κ2) is 13.3. The van der Waals surface area contributed by atoms with Crippen LogP contribution in [0.25, 0.3) is 43.5 Å². The Bertz CT molecular complexity index is 2520. The van der Waals surface area contributed by atoms with E-state index in [0.717, 1.165) is 56.1 Å². The fraction of sp³-hybridized carbons (Fsp3) is 0.120. The molecule has 258 valence electrons. The number of hydrogen-bond acceptors (Lipinski definition) is 3. The Hall–Kier alpha value is -6.32. The Morgan fingerprint density at radius 1 is 0.358 bits per heavy atom. The molecule has 0 aliphatic rings. The van der Waals surface area contributed by atoms with Crippen LogP contribution in [0.2, 0.25) is 0 Å². The monoisotopic (exact) mass is 686 g/mol. The van der Waals surface area contributed by atoms with E-state index in [-0.39, 0.29) is 0 Å². The van der Waals surface area contributed by atoms with Crippen molar-refractivity contribution in [3.63, 3.8) is 0 Å². The molecule has 8 aromatic carbocycles. The molecule has 0 spiro atoms. The molecule has 0 saturated carbocycles. The molecule has 0 aliphatic heterocycles. The molecule has 0 atom stereocenters. The Labute approximate surface area is 311 Å². The lowest BCUT2D eigenvalue weighted by Gasteiger charge is -2.26. The van der Waals surface area contributed by atoms with E-state index >= 15 is 0 Å². The number of anilines is 6. The van der Waals surface area contributed by atoms with Crippen LogP contribution >= 0.6 is 0 Å². The van der Waals surface area contributed by atoms with Crippen molar-refractivity contribution in [3.05, 3.63) is 181 Å². The maximum absolute atomic E-state index is 6.54. The van der Waals surface area contributed by atoms with E-state index in [1.165, 1.54) is 32.7 Å². The molecule has 0 amide bonds. The molecular formula is C50H42N2O. The van der Waals surface area contributed by atoms with Gasteiger partial charge in [-0.2, -0.15) is 0 Å². The molecule has 3 heteroatoms. The van der Waals surface area contributed by atoms with Crippen molar-refractivity contribution >= 4 is 77.6 Å². The second-order valence-electron chi connectivity index (χ2n) is 14.6. The summed E-state index contributed by atoms with van der Waals surface area (Å²) in [6.45, 7) is 8.95. The van der Waals surface area contributed by atoms with Crippen molar-refractivity contribution in [1.29, 1.82) is 0 Å². The van der Waals surface area contributed by atoms with Gasteiger partial charge in [-0.15, -0.1) is 0 Å². The summed E-state index contributed by atoms with van der Waals surface area (Å²) >= 11 is 0. The Morgan fingerprint density at radius 2 is 0.717 bits per heavy atom. The first-order valence-electron chi connectivity index (χ1n) is 18.6. The highest BCUT2D eigenvalue weighted by atomic mass is 16.3. The van der Waals surface area contributed by atoms with Gasteiger partial charge in [-0.3, -0.25) is 0 Å². The molecule has 1 heterocycles. The third kappa shape index (κ3) is 5.89. The van der Waals surface area contributed by atoms with Crippen LogP contribution in [0.5, 0.6) is 0 Å². The lowest BCUT2D eigenvalue weighted by molar-refractivity contribution is 0.669. The molecular weight excluding hydrogens is 645 g/mol. The standard InChI is InChI=1S/C50H42N2O/c1-33(2)35-15-21-41(22-16-35)51(39-11-7-5-8-12-39)43-25-27-45-37(31-43)19-29-47-49(45)50-46-28-26-44(32-38(46)20-30-48(50)53-47)52(40-13-9-6-10-14-40)42-23-17-36(18-24-42)34(3)4/h5-34H,1-4H3. The van der Waals surface area contributed by atoms with Crippen molar-refractivity contribution in [3.8, 4) is 0 Å². The summed E-state index contributed by atoms with van der Waals surface area (Å²) in [6, 6.07) is 61.5. The van der Waals surface area contributed by atoms with Gasteiger partial charge in [0, 0.05) is 44.9 Å². The van der Waals surface area contributed by atoms with Crippen LogP contribution in [0.15, 0.2) is 174 Å². The van der Waals surface area contributed by atoms with Gasteiger partial charge in [-0.05, 0) is 129 Å². The Kier molecular flexibility index (Phi) is 8.20. The van der Waals surface area contributed by atoms with Crippen molar-refractivity contribution in [2.45, 2.75) is 39.5 Å². The van der Waals surface area contributed by atoms with Gasteiger partial charge >= 0.3 is 0 Å². The van der Waals surface area contributed by atoms with Gasteiger partial charge in [0.05, 0.1) is 0 Å². The lowest BCUT2D eigenvalue weighted by Crippen LogP contribution is -2.10. The molecule has 0 saturated heterocycles. The van der Waals surface area contributed by atoms with Gasteiger partial charge in [-0.25, -0.2) is 0 Å². The molecule has 0 fully saturated rings. The quantitative estimate of drug-likeness (QED) is 0.159. The van der Waals surface area contributed by atoms with Crippen LogP contribution in [0.4, 0.5) is 34.1 Å². The van der Waals surface area contributed by atoms with Crippen LogP contribution in [0.1, 0.15) is 50.7 Å². The highest BCUT2D eigenvalue weighted by molar-refractivity contribution is 6.26. The summed E-state index contributed by atoms with van der Waals surface area (Å²) in [5.74, 6) is 0.962. The molecule has 1 aromatic heterocycles. The van der Waals surface area contributed by atoms with Crippen molar-refractivity contribution in [2.24, 2.45) is 0 Å². The number of benzene rings is 8. The third-order valence-corrected chi connectivity index (χ3v) is 10.6. The highest BCUT2D eigenvalue weighted by Gasteiger charge is 2.19. The molecule has 3 nitrogen and oxygen atoms in total. The largest absolute Gasteiger partial charge is 0.456 e. The fourth-order valence-corrected chi connectivity index (χ4v) is 7.74. The number of hydrogen-bond donors (Lipinski definition) is 0. The summed E-state index contributed by atoms with van der Waals surface area (Å²) in [4.78, 5) is 4.68. The molecule has 9 aromatic rings. The van der Waals surface area contributed by atoms with Gasteiger partial charge in [0.2, 0.25) is 0 Å². The summed E-state index contributed by atoms with van der Waals surface area (Å²) < 4.78 is 6.54. The molecule has 0 aliphatic carbocycles. The minimum Gasteiger partial charge on any atom is -0.456 e. The van der Waals surface area contributed by atoms with Crippen LogP contribution in [-0.2, 0) is 0 Å². The molecule has 0 bridgehead atoms. The smallest absolute Gasteiger partial charge is 0.136 e. The maximum Gasteiger partial charge on any atom is 0.136 e. The summed E-state index contributed by atoms with van der Waals surface area (Å²) in [6.07, 6.45) is 0. The first-order valence-corrected chi connectivity index (χ1v) is 18.6. The van der Waals surface area contributed by atoms with E-state index < -0.39 is 0 Å². The van der Waals surface area contributed by atoms with Gasteiger partial charge in [0.15, 0.2) is 0 Å². The Balaban J connectivity index is 1.18. The number of para-hydroxylation sites is 2. The highest BCUT2D eigenvalue weighted by Crippen LogP contribution is 2.43. The summed E-state index contributed by atoms with van der Waals surface area (Å²) in [5.41, 5.74) is 11.2. The van der Waals surface area contributed by atoms with Gasteiger partial charge in [0.25, 0.3) is 0 Å². The number of nitrogens with zero attached hydrogens (tertiary/aromatic N) is 2. The minimum atomic E-state index is 0.481. The van der Waals surface area contributed by atoms with Gasteiger partial charge in [0.1, 0.15) is 11.2 Å². The first-order chi connectivity index (χ1) is 25.9. The Morgan fingerprint density at radius 3 is 1.09 bits per heavy atom. The predicted molar refractivity (Wildman–Crippen MR) is 226 cm³/mol. The van der Waals surface area contributed by atoms with Crippen molar-refractivity contribution < 1.29 is 4.42 Å². The maximum atomic E-state index is 6.54. The summed E-state index contributed by atoms with van der Waals surface area (Å²) in [7, 11) is 0. The molecule has 53 heavy (non-hydrogen) atoms. The van der Waals surface area contributed by atoms with E-state index in [9.17, 15) is 0 Å². The summed E-state index contributed by atoms with van der Waals surface area (Å²) in [5, 5.41) is 7.01. The van der Waals surface area contributed by atoms with Gasteiger partial charge in [-0.1, -0.05) is 113 Å². The topological polar surface area (TPSA) is 19.6 Å². The average Bonchev–Trinajstić information content (AvgIpc) is 3.59. The minimum absolute atomic E-state index is 0.481. The van der Waals surface area contributed by atoms with E-state index in [4.69, 9.17) is 4.42 Å². The first kappa shape index (κ1) is 32.6. The van der Waals surface area contributed by atoms with Crippen LogP contribution < -0.4 is 9.80 Å². The number of fused-ring (bicyclic) bond motifs is 7. The average molecular weight is 687 g/mol. The molecule has 9 rings (SSSR count). The molecule has 0 unspecified atom stereocenters. The predicted octanol–water partition coefficient (Wildman–Crippen LogP) is 15.1. The fourth-order valence-electron chi connectivity index (χ4n) is 7.74. The lowest BCUT2D eigenvalue weighted by atomic mass is 9.98. The second-order valence-corrected chi connectivity index (χ2v) is 14.6. The van der Waals surface area contributed by atoms with Crippen LogP contribution in [-0.4, -0.2) is 0 Å². The third-order valence-electron chi connectivity index (χ3n) is 10.6. The zero-order valence-electron chi connectivity index (χ0n) is 30.6. The van der Waals surface area contributed by atoms with E-state index in [0.29, 0.717) is 11.8 Å². The van der Waals surface area contributed by atoms with Crippen LogP contribution in [0, 0.1) is 0 Å². The van der Waals surface area contributed by atoms with E-state index in [2.05, 4.69) is 207 Å². The molecule has 0 N–H and O–H groups in total. The number of rotatable bonds is 8. The van der Waals surface area contributed by atoms with Crippen molar-refractivity contribution in [1.82, 2.24) is 0 Å². The van der Waals surface area contributed by atoms with Crippen molar-refractivity contribution in [2.75, 3.05) is 9.80 Å². The van der Waals surface area contributed by atoms with Crippen LogP contribution in [0.3, 0.4) is 0 Å². The zero-order chi connectivity index (χ0) is 36.1. The molecule has 0 radical (unpaired) electrons. The van der Waals surface area contributed by atoms with Gasteiger partial charge < -0.3 is 14.2 Å². The zero-order valence-corrected chi connectivity index (χ0v) is 30.6.